The maximum absolute atomic E-state index is 7.33. The minimum absolute atomic E-state index is 0.560. The summed E-state index contributed by atoms with van der Waals surface area (Å²) in [5.41, 5.74) is 6.26. The normalized spacial score (nSPS) is 12.8. The van der Waals surface area contributed by atoms with Crippen LogP contribution in [0.4, 0.5) is 28.6 Å². The summed E-state index contributed by atoms with van der Waals surface area (Å²) in [7, 11) is 0. The third-order valence-corrected chi connectivity index (χ3v) is 4.57. The zero-order valence-corrected chi connectivity index (χ0v) is 14.3. The molecule has 2 heterocycles. The van der Waals surface area contributed by atoms with Crippen LogP contribution in [0.2, 0.25) is 0 Å². The van der Waals surface area contributed by atoms with Gasteiger partial charge in [-0.3, -0.25) is 0 Å². The molecule has 1 aliphatic heterocycles. The highest BCUT2D eigenvalue weighted by Gasteiger charge is 2.30. The van der Waals surface area contributed by atoms with Crippen LogP contribution >= 0.6 is 0 Å². The van der Waals surface area contributed by atoms with Crippen molar-refractivity contribution < 1.29 is 0 Å². The number of hydrogen-bond donors (Lipinski definition) is 0. The van der Waals surface area contributed by atoms with Gasteiger partial charge in [0.15, 0.2) is 5.82 Å². The van der Waals surface area contributed by atoms with Gasteiger partial charge in [0.25, 0.3) is 0 Å². The number of pyridine rings is 1. The second-order valence-electron chi connectivity index (χ2n) is 6.22. The van der Waals surface area contributed by atoms with Gasteiger partial charge in [-0.1, -0.05) is 36.4 Å². The number of anilines is 4. The van der Waals surface area contributed by atoms with Crippen LogP contribution in [0.1, 0.15) is 11.1 Å². The van der Waals surface area contributed by atoms with Crippen molar-refractivity contribution in [1.29, 1.82) is 0 Å². The van der Waals surface area contributed by atoms with Crippen molar-refractivity contribution in [2.24, 2.45) is 0 Å². The number of aryl methyl sites for hydroxylation is 2. The molecule has 0 spiro atoms. The molecule has 4 heteroatoms. The molecule has 0 unspecified atom stereocenters. The Kier molecular flexibility index (Phi) is 3.62. The molecule has 4 rings (SSSR count). The maximum Gasteiger partial charge on any atom is 0.207 e. The Hall–Kier alpha value is -3.32. The van der Waals surface area contributed by atoms with Crippen LogP contribution in [0.5, 0.6) is 0 Å². The van der Waals surface area contributed by atoms with E-state index in [0.29, 0.717) is 12.4 Å². The van der Waals surface area contributed by atoms with E-state index in [9.17, 15) is 0 Å². The Morgan fingerprint density at radius 3 is 2.36 bits per heavy atom. The summed E-state index contributed by atoms with van der Waals surface area (Å²) in [6.07, 6.45) is 1.65. The van der Waals surface area contributed by atoms with E-state index in [0.717, 1.165) is 17.2 Å². The van der Waals surface area contributed by atoms with Crippen LogP contribution in [-0.2, 0) is 0 Å². The van der Waals surface area contributed by atoms with Crippen LogP contribution in [0.25, 0.3) is 4.85 Å². The number of para-hydroxylation sites is 2. The Balaban J connectivity index is 1.90. The summed E-state index contributed by atoms with van der Waals surface area (Å²) < 4.78 is 0. The lowest BCUT2D eigenvalue weighted by molar-refractivity contribution is 0.972. The van der Waals surface area contributed by atoms with Crippen molar-refractivity contribution in [3.05, 3.63) is 83.3 Å². The average Bonchev–Trinajstić information content (AvgIpc) is 3.01. The molecule has 2 aromatic carbocycles. The average molecular weight is 326 g/mol. The Bertz CT molecular complexity index is 953. The third kappa shape index (κ3) is 2.50. The highest BCUT2D eigenvalue weighted by Crippen LogP contribution is 2.45. The summed E-state index contributed by atoms with van der Waals surface area (Å²) >= 11 is 0. The molecule has 0 saturated carbocycles. The Morgan fingerprint density at radius 2 is 1.68 bits per heavy atom. The number of fused-ring (bicyclic) bond motifs is 1. The molecule has 0 amide bonds. The minimum Gasteiger partial charge on any atom is -0.320 e. The quantitative estimate of drug-likeness (QED) is 0.581. The maximum atomic E-state index is 7.33. The molecule has 0 N–H and O–H groups in total. The zero-order chi connectivity index (χ0) is 17.4. The molecule has 0 radical (unpaired) electrons. The first-order chi connectivity index (χ1) is 12.2. The fraction of sp³-hybridized carbons (Fsp3) is 0.143. The van der Waals surface area contributed by atoms with Gasteiger partial charge in [-0.2, -0.15) is 0 Å². The van der Waals surface area contributed by atoms with Crippen molar-refractivity contribution in [2.75, 3.05) is 16.5 Å². The van der Waals surface area contributed by atoms with Crippen LogP contribution < -0.4 is 9.80 Å². The molecule has 0 fully saturated rings. The van der Waals surface area contributed by atoms with E-state index in [1.165, 1.54) is 16.8 Å². The number of hydrogen-bond acceptors (Lipinski definition) is 3. The first-order valence-corrected chi connectivity index (χ1v) is 8.23. The molecule has 0 aliphatic carbocycles. The fourth-order valence-electron chi connectivity index (χ4n) is 3.42. The van der Waals surface area contributed by atoms with E-state index in [-0.39, 0.29) is 0 Å². The largest absolute Gasteiger partial charge is 0.320 e. The van der Waals surface area contributed by atoms with Gasteiger partial charge < -0.3 is 9.80 Å². The van der Waals surface area contributed by atoms with Gasteiger partial charge >= 0.3 is 0 Å². The summed E-state index contributed by atoms with van der Waals surface area (Å²) in [6.45, 7) is 12.3. The predicted octanol–water partition coefficient (Wildman–Crippen LogP) is 5.50. The first-order valence-electron chi connectivity index (χ1n) is 8.23. The van der Waals surface area contributed by atoms with E-state index in [1.807, 2.05) is 24.3 Å². The Morgan fingerprint density at radius 1 is 0.960 bits per heavy atom. The lowest BCUT2D eigenvalue weighted by Crippen LogP contribution is -2.25. The van der Waals surface area contributed by atoms with Crippen molar-refractivity contribution in [1.82, 2.24) is 4.98 Å². The molecule has 1 aromatic heterocycles. The molecule has 4 nitrogen and oxygen atoms in total. The fourth-order valence-corrected chi connectivity index (χ4v) is 3.42. The van der Waals surface area contributed by atoms with Gasteiger partial charge in [-0.25, -0.2) is 9.83 Å². The van der Waals surface area contributed by atoms with Gasteiger partial charge in [-0.15, -0.1) is 0 Å². The summed E-state index contributed by atoms with van der Waals surface area (Å²) in [6, 6.07) is 18.5. The highest BCUT2D eigenvalue weighted by molar-refractivity contribution is 5.87. The standard InChI is InChI=1S/C21H18N4/c1-15-8-7-9-16(2)20(15)25-14-24(18-10-5-4-6-11-18)21-19(25)12-17(22-3)13-23-21/h4-13H,14H2,1-2H3. The molecular weight excluding hydrogens is 308 g/mol. The van der Waals surface area contributed by atoms with Gasteiger partial charge in [0.05, 0.1) is 12.3 Å². The molecule has 1 aliphatic rings. The summed E-state index contributed by atoms with van der Waals surface area (Å²) in [4.78, 5) is 12.6. The van der Waals surface area contributed by atoms with Gasteiger partial charge in [0.2, 0.25) is 5.69 Å². The second-order valence-corrected chi connectivity index (χ2v) is 6.22. The van der Waals surface area contributed by atoms with E-state index in [1.54, 1.807) is 6.20 Å². The Labute approximate surface area is 147 Å². The zero-order valence-electron chi connectivity index (χ0n) is 14.3. The molecule has 25 heavy (non-hydrogen) atoms. The van der Waals surface area contributed by atoms with Gasteiger partial charge in [0, 0.05) is 17.6 Å². The van der Waals surface area contributed by atoms with Crippen LogP contribution in [0, 0.1) is 20.4 Å². The first kappa shape index (κ1) is 15.2. The lowest BCUT2D eigenvalue weighted by Gasteiger charge is -2.24. The van der Waals surface area contributed by atoms with Gasteiger partial charge in [0.1, 0.15) is 6.67 Å². The van der Waals surface area contributed by atoms with E-state index >= 15 is 0 Å². The van der Waals surface area contributed by atoms with E-state index in [2.05, 4.69) is 63.8 Å². The van der Waals surface area contributed by atoms with Crippen LogP contribution in [-0.4, -0.2) is 11.7 Å². The van der Waals surface area contributed by atoms with Crippen molar-refractivity contribution >= 4 is 28.6 Å². The molecular formula is C21H18N4. The molecule has 0 bridgehead atoms. The molecule has 0 saturated heterocycles. The SMILES string of the molecule is [C-]#[N+]c1cnc2c(c1)N(c1c(C)cccc1C)CN2c1ccccc1. The van der Waals surface area contributed by atoms with Crippen LogP contribution in [0.3, 0.4) is 0 Å². The number of rotatable bonds is 2. The number of aromatic nitrogens is 1. The lowest BCUT2D eigenvalue weighted by atomic mass is 10.1. The van der Waals surface area contributed by atoms with E-state index in [4.69, 9.17) is 6.57 Å². The van der Waals surface area contributed by atoms with Crippen LogP contribution in [0.15, 0.2) is 60.8 Å². The summed E-state index contributed by atoms with van der Waals surface area (Å²) in [5, 5.41) is 0. The van der Waals surface area contributed by atoms with Gasteiger partial charge in [-0.05, 0) is 43.2 Å². The monoisotopic (exact) mass is 326 g/mol. The number of benzene rings is 2. The second kappa shape index (κ2) is 5.95. The topological polar surface area (TPSA) is 23.7 Å². The smallest absolute Gasteiger partial charge is 0.207 e. The number of nitrogens with zero attached hydrogens (tertiary/aromatic N) is 4. The predicted molar refractivity (Wildman–Crippen MR) is 102 cm³/mol. The molecule has 122 valence electrons. The third-order valence-electron chi connectivity index (χ3n) is 4.57. The van der Waals surface area contributed by atoms with E-state index < -0.39 is 0 Å². The molecule has 3 aromatic rings. The summed E-state index contributed by atoms with van der Waals surface area (Å²) in [5.74, 6) is 0.890. The highest BCUT2D eigenvalue weighted by atomic mass is 15.4. The minimum atomic E-state index is 0.560. The molecule has 0 atom stereocenters. The van der Waals surface area contributed by atoms with Crippen molar-refractivity contribution in [3.63, 3.8) is 0 Å². The van der Waals surface area contributed by atoms with Crippen molar-refractivity contribution in [3.8, 4) is 0 Å². The van der Waals surface area contributed by atoms with Crippen molar-refractivity contribution in [2.45, 2.75) is 13.8 Å².